The third-order valence-electron chi connectivity index (χ3n) is 5.55. The average Bonchev–Trinajstić information content (AvgIpc) is 2.66. The average molecular weight is 429 g/mol. The van der Waals surface area contributed by atoms with E-state index in [-0.39, 0.29) is 0 Å². The molecule has 0 heterocycles. The van der Waals surface area contributed by atoms with Gasteiger partial charge in [0.1, 0.15) is 37.8 Å². The number of ether oxygens (including phenoxy) is 2. The maximum Gasteiger partial charge on any atom is 0.137 e. The third-order valence-corrected chi connectivity index (χ3v) is 5.55. The highest BCUT2D eigenvalue weighted by Crippen LogP contribution is 2.30. The molecule has 0 radical (unpaired) electrons. The zero-order valence-corrected chi connectivity index (χ0v) is 21.0. The maximum absolute atomic E-state index is 5.93. The van der Waals surface area contributed by atoms with Crippen molar-refractivity contribution in [1.29, 1.82) is 0 Å². The molecule has 4 nitrogen and oxygen atoms in total. The molecule has 0 bridgehead atoms. The van der Waals surface area contributed by atoms with Crippen LogP contribution in [0.25, 0.3) is 0 Å². The quantitative estimate of drug-likeness (QED) is 0.451. The Morgan fingerprint density at radius 2 is 1.06 bits per heavy atom. The molecule has 0 aliphatic carbocycles. The predicted octanol–water partition coefficient (Wildman–Crippen LogP) is 4.84. The highest BCUT2D eigenvalue weighted by Gasteiger charge is 2.17. The van der Waals surface area contributed by atoms with Crippen molar-refractivity contribution in [3.8, 4) is 11.5 Å². The Morgan fingerprint density at radius 1 is 0.645 bits per heavy atom. The summed E-state index contributed by atoms with van der Waals surface area (Å²) in [7, 11) is 13.1. The van der Waals surface area contributed by atoms with Crippen molar-refractivity contribution in [3.05, 3.63) is 59.7 Å². The van der Waals surface area contributed by atoms with Gasteiger partial charge in [-0.15, -0.1) is 0 Å². The smallest absolute Gasteiger partial charge is 0.137 e. The Labute approximate surface area is 190 Å². The van der Waals surface area contributed by atoms with Gasteiger partial charge < -0.3 is 18.4 Å². The first-order valence-corrected chi connectivity index (χ1v) is 11.5. The van der Waals surface area contributed by atoms with Gasteiger partial charge in [-0.05, 0) is 53.6 Å². The Kier molecular flexibility index (Phi) is 8.96. The normalized spacial score (nSPS) is 13.3. The van der Waals surface area contributed by atoms with Crippen LogP contribution in [-0.2, 0) is 6.42 Å². The molecule has 2 aromatic carbocycles. The summed E-state index contributed by atoms with van der Waals surface area (Å²) in [5.41, 5.74) is 2.72. The molecule has 0 amide bonds. The van der Waals surface area contributed by atoms with E-state index in [1.165, 1.54) is 11.1 Å². The van der Waals surface area contributed by atoms with E-state index in [1.807, 2.05) is 0 Å². The van der Waals surface area contributed by atoms with Crippen LogP contribution in [0.3, 0.4) is 0 Å². The summed E-state index contributed by atoms with van der Waals surface area (Å²) in [4.78, 5) is 0. The lowest BCUT2D eigenvalue weighted by atomic mass is 9.83. The van der Waals surface area contributed by atoms with Crippen LogP contribution in [-0.4, -0.2) is 77.6 Å². The standard InChI is InChI=1S/C27H44N2O2/c1-22(2)27(24-11-15-26(16-12-24)31-20-18-29(6,7)8)21-23-9-13-25(14-10-23)30-19-17-28(3,4)5/h9-16,22,27H,17-21H2,1-8H3/q+2. The van der Waals surface area contributed by atoms with Gasteiger partial charge in [-0.25, -0.2) is 0 Å². The Bertz CT molecular complexity index is 769. The highest BCUT2D eigenvalue weighted by atomic mass is 16.5. The highest BCUT2D eigenvalue weighted by molar-refractivity contribution is 5.33. The van der Waals surface area contributed by atoms with Gasteiger partial charge in [-0.2, -0.15) is 0 Å². The van der Waals surface area contributed by atoms with Crippen molar-refractivity contribution in [3.63, 3.8) is 0 Å². The van der Waals surface area contributed by atoms with Gasteiger partial charge >= 0.3 is 0 Å². The molecule has 0 aliphatic rings. The third kappa shape index (κ3) is 9.75. The van der Waals surface area contributed by atoms with E-state index in [0.717, 1.165) is 53.2 Å². The molecule has 1 unspecified atom stereocenters. The Morgan fingerprint density at radius 3 is 1.45 bits per heavy atom. The second kappa shape index (κ2) is 11.0. The van der Waals surface area contributed by atoms with E-state index in [0.29, 0.717) is 11.8 Å². The van der Waals surface area contributed by atoms with E-state index in [9.17, 15) is 0 Å². The summed E-state index contributed by atoms with van der Waals surface area (Å²) in [6.45, 7) is 8.06. The monoisotopic (exact) mass is 428 g/mol. The van der Waals surface area contributed by atoms with Gasteiger partial charge in [0.15, 0.2) is 0 Å². The lowest BCUT2D eigenvalue weighted by molar-refractivity contribution is -0.870. The summed E-state index contributed by atoms with van der Waals surface area (Å²) in [6, 6.07) is 17.3. The van der Waals surface area contributed by atoms with E-state index in [4.69, 9.17) is 9.47 Å². The van der Waals surface area contributed by atoms with Gasteiger partial charge in [0.2, 0.25) is 0 Å². The zero-order valence-electron chi connectivity index (χ0n) is 21.0. The number of rotatable bonds is 12. The number of nitrogens with zero attached hydrogens (tertiary/aromatic N) is 2. The Balaban J connectivity index is 1.95. The van der Waals surface area contributed by atoms with Crippen molar-refractivity contribution in [1.82, 2.24) is 0 Å². The fourth-order valence-electron chi connectivity index (χ4n) is 3.40. The lowest BCUT2D eigenvalue weighted by Crippen LogP contribution is -2.38. The van der Waals surface area contributed by atoms with Gasteiger partial charge in [0.25, 0.3) is 0 Å². The minimum Gasteiger partial charge on any atom is -0.488 e. The van der Waals surface area contributed by atoms with E-state index < -0.39 is 0 Å². The minimum absolute atomic E-state index is 0.477. The SMILES string of the molecule is CC(C)C(Cc1ccc(OCC[N+](C)(C)C)cc1)c1ccc(OCC[N+](C)(C)C)cc1. The van der Waals surface area contributed by atoms with E-state index >= 15 is 0 Å². The molecule has 0 saturated heterocycles. The second-order valence-electron chi connectivity index (χ2n) is 11.0. The van der Waals surface area contributed by atoms with Crippen LogP contribution in [0.5, 0.6) is 11.5 Å². The van der Waals surface area contributed by atoms with Crippen molar-refractivity contribution >= 4 is 0 Å². The van der Waals surface area contributed by atoms with Crippen LogP contribution in [0, 0.1) is 5.92 Å². The molecule has 4 heteroatoms. The largest absolute Gasteiger partial charge is 0.488 e. The molecule has 0 aromatic heterocycles. The van der Waals surface area contributed by atoms with Crippen LogP contribution in [0.2, 0.25) is 0 Å². The Hall–Kier alpha value is -2.04. The van der Waals surface area contributed by atoms with Gasteiger partial charge in [0, 0.05) is 0 Å². The fraction of sp³-hybridized carbons (Fsp3) is 0.556. The minimum atomic E-state index is 0.477. The number of hydrogen-bond donors (Lipinski definition) is 0. The molecule has 0 aliphatic heterocycles. The van der Waals surface area contributed by atoms with Crippen LogP contribution in [0.1, 0.15) is 30.9 Å². The summed E-state index contributed by atoms with van der Waals surface area (Å²) >= 11 is 0. The summed E-state index contributed by atoms with van der Waals surface area (Å²) in [5.74, 6) is 2.94. The predicted molar refractivity (Wildman–Crippen MR) is 131 cm³/mol. The van der Waals surface area contributed by atoms with E-state index in [2.05, 4.69) is 105 Å². The molecule has 0 fully saturated rings. The summed E-state index contributed by atoms with van der Waals surface area (Å²) in [6.07, 6.45) is 1.03. The van der Waals surface area contributed by atoms with Gasteiger partial charge in [0.05, 0.1) is 42.3 Å². The van der Waals surface area contributed by atoms with Crippen LogP contribution >= 0.6 is 0 Å². The molecule has 0 spiro atoms. The number of benzene rings is 2. The van der Waals surface area contributed by atoms with Crippen LogP contribution in [0.15, 0.2) is 48.5 Å². The molecular formula is C27H44N2O2+2. The number of hydrogen-bond acceptors (Lipinski definition) is 2. The molecule has 0 N–H and O–H groups in total. The molecule has 31 heavy (non-hydrogen) atoms. The van der Waals surface area contributed by atoms with Gasteiger partial charge in [-0.3, -0.25) is 0 Å². The second-order valence-corrected chi connectivity index (χ2v) is 11.0. The van der Waals surface area contributed by atoms with Crippen LogP contribution < -0.4 is 9.47 Å². The number of likely N-dealkylation sites (N-methyl/N-ethyl adjacent to an activating group) is 2. The molecule has 0 saturated carbocycles. The van der Waals surface area contributed by atoms with Gasteiger partial charge in [-0.1, -0.05) is 38.1 Å². The summed E-state index contributed by atoms with van der Waals surface area (Å²) in [5, 5.41) is 0. The molecular weight excluding hydrogens is 384 g/mol. The van der Waals surface area contributed by atoms with Crippen LogP contribution in [0.4, 0.5) is 0 Å². The first-order valence-electron chi connectivity index (χ1n) is 11.5. The molecule has 2 rings (SSSR count). The molecule has 1 atom stereocenters. The van der Waals surface area contributed by atoms with Crippen molar-refractivity contribution in [2.24, 2.45) is 5.92 Å². The first-order chi connectivity index (χ1) is 14.4. The zero-order chi connectivity index (χ0) is 23.1. The van der Waals surface area contributed by atoms with Crippen molar-refractivity contribution in [2.45, 2.75) is 26.2 Å². The molecule has 172 valence electrons. The maximum atomic E-state index is 5.93. The van der Waals surface area contributed by atoms with Crippen molar-refractivity contribution in [2.75, 3.05) is 68.6 Å². The first kappa shape index (κ1) is 25.2. The van der Waals surface area contributed by atoms with E-state index in [1.54, 1.807) is 0 Å². The summed E-state index contributed by atoms with van der Waals surface area (Å²) < 4.78 is 13.7. The molecule has 2 aromatic rings. The lowest BCUT2D eigenvalue weighted by Gasteiger charge is -2.24. The van der Waals surface area contributed by atoms with Crippen molar-refractivity contribution < 1.29 is 18.4 Å². The topological polar surface area (TPSA) is 18.5 Å². The number of quaternary nitrogens is 2. The fourth-order valence-corrected chi connectivity index (χ4v) is 3.40.